The van der Waals surface area contributed by atoms with Crippen LogP contribution >= 0.6 is 11.6 Å². The fraction of sp³-hybridized carbons (Fsp3) is 0.333. The lowest BCUT2D eigenvalue weighted by molar-refractivity contribution is 0.858. The molecule has 0 amide bonds. The van der Waals surface area contributed by atoms with E-state index in [0.717, 1.165) is 29.2 Å². The fourth-order valence-corrected chi connectivity index (χ4v) is 1.89. The third-order valence-electron chi connectivity index (χ3n) is 2.52. The van der Waals surface area contributed by atoms with Crippen LogP contribution in [0.2, 0.25) is 0 Å². The van der Waals surface area contributed by atoms with Crippen LogP contribution in [-0.2, 0) is 12.3 Å². The van der Waals surface area contributed by atoms with Crippen LogP contribution in [0.4, 0.5) is 0 Å². The number of imidazole rings is 1. The van der Waals surface area contributed by atoms with E-state index in [2.05, 4.69) is 23.0 Å². The number of halogens is 1. The number of nitrogens with zero attached hydrogens (tertiary/aromatic N) is 3. The van der Waals surface area contributed by atoms with Crippen molar-refractivity contribution in [2.45, 2.75) is 26.1 Å². The first-order chi connectivity index (χ1) is 7.76. The minimum absolute atomic E-state index is 0.499. The number of hydrogen-bond acceptors (Lipinski definition) is 2. The highest BCUT2D eigenvalue weighted by Gasteiger charge is 2.07. The van der Waals surface area contributed by atoms with E-state index in [1.54, 1.807) is 6.20 Å². The summed E-state index contributed by atoms with van der Waals surface area (Å²) in [5, 5.41) is 0. The summed E-state index contributed by atoms with van der Waals surface area (Å²) in [6, 6.07) is 2.06. The summed E-state index contributed by atoms with van der Waals surface area (Å²) < 4.78 is 2.02. The van der Waals surface area contributed by atoms with Gasteiger partial charge in [0.05, 0.1) is 0 Å². The Morgan fingerprint density at radius 3 is 2.81 bits per heavy atom. The van der Waals surface area contributed by atoms with Crippen LogP contribution < -0.4 is 0 Å². The maximum absolute atomic E-state index is 5.78. The van der Waals surface area contributed by atoms with Crippen LogP contribution in [0, 0.1) is 6.92 Å². The second kappa shape index (κ2) is 4.66. The molecule has 0 spiro atoms. The average molecular weight is 236 g/mol. The van der Waals surface area contributed by atoms with Crippen molar-refractivity contribution in [1.29, 1.82) is 0 Å². The van der Waals surface area contributed by atoms with Gasteiger partial charge in [0.2, 0.25) is 0 Å². The van der Waals surface area contributed by atoms with Crippen molar-refractivity contribution in [3.8, 4) is 5.82 Å². The van der Waals surface area contributed by atoms with E-state index in [4.69, 9.17) is 11.6 Å². The first kappa shape index (κ1) is 11.1. The van der Waals surface area contributed by atoms with E-state index in [1.807, 2.05) is 23.9 Å². The molecule has 2 heterocycles. The summed E-state index contributed by atoms with van der Waals surface area (Å²) in [4.78, 5) is 8.73. The van der Waals surface area contributed by atoms with Gasteiger partial charge in [0, 0.05) is 30.9 Å². The highest BCUT2D eigenvalue weighted by molar-refractivity contribution is 6.17. The van der Waals surface area contributed by atoms with Crippen LogP contribution in [0.15, 0.2) is 24.7 Å². The molecule has 2 rings (SSSR count). The summed E-state index contributed by atoms with van der Waals surface area (Å²) in [6.45, 7) is 4.12. The van der Waals surface area contributed by atoms with E-state index in [-0.39, 0.29) is 0 Å². The molecule has 0 radical (unpaired) electrons. The van der Waals surface area contributed by atoms with Crippen molar-refractivity contribution in [3.05, 3.63) is 41.6 Å². The Morgan fingerprint density at radius 2 is 2.19 bits per heavy atom. The van der Waals surface area contributed by atoms with Gasteiger partial charge in [0.15, 0.2) is 0 Å². The van der Waals surface area contributed by atoms with Gasteiger partial charge in [-0.25, -0.2) is 9.97 Å². The Balaban J connectivity index is 2.48. The molecule has 3 nitrogen and oxygen atoms in total. The Morgan fingerprint density at radius 1 is 1.38 bits per heavy atom. The number of hydrogen-bond donors (Lipinski definition) is 0. The van der Waals surface area contributed by atoms with E-state index in [9.17, 15) is 0 Å². The fourth-order valence-electron chi connectivity index (χ4n) is 1.74. The molecular formula is C12H14ClN3. The van der Waals surface area contributed by atoms with Crippen molar-refractivity contribution in [3.63, 3.8) is 0 Å². The first-order valence-corrected chi connectivity index (χ1v) is 5.83. The molecule has 2 aromatic rings. The number of alkyl halides is 1. The van der Waals surface area contributed by atoms with Crippen LogP contribution in [0.1, 0.15) is 23.9 Å². The second-order valence-corrected chi connectivity index (χ2v) is 3.95. The largest absolute Gasteiger partial charge is 0.288 e. The Labute approximate surface area is 100 Å². The maximum Gasteiger partial charge on any atom is 0.140 e. The van der Waals surface area contributed by atoms with Gasteiger partial charge in [0.25, 0.3) is 0 Å². The predicted octanol–water partition coefficient (Wildman–Crippen LogP) is 2.88. The molecule has 2 aromatic heterocycles. The summed E-state index contributed by atoms with van der Waals surface area (Å²) >= 11 is 5.78. The molecule has 0 aliphatic rings. The van der Waals surface area contributed by atoms with E-state index in [0.29, 0.717) is 5.88 Å². The van der Waals surface area contributed by atoms with Gasteiger partial charge in [0.1, 0.15) is 11.6 Å². The summed E-state index contributed by atoms with van der Waals surface area (Å²) in [5.41, 5.74) is 2.16. The Kier molecular flexibility index (Phi) is 3.25. The molecule has 0 saturated carbocycles. The number of aryl methyl sites for hydroxylation is 2. The van der Waals surface area contributed by atoms with Crippen molar-refractivity contribution in [1.82, 2.24) is 14.5 Å². The molecule has 0 atom stereocenters. The van der Waals surface area contributed by atoms with Gasteiger partial charge >= 0.3 is 0 Å². The highest BCUT2D eigenvalue weighted by Crippen LogP contribution is 2.15. The molecule has 0 aliphatic heterocycles. The second-order valence-electron chi connectivity index (χ2n) is 3.68. The molecule has 0 fully saturated rings. The van der Waals surface area contributed by atoms with E-state index < -0.39 is 0 Å². The Bertz CT molecular complexity index is 491. The normalized spacial score (nSPS) is 10.7. The molecule has 0 aliphatic carbocycles. The lowest BCUT2D eigenvalue weighted by Gasteiger charge is -2.09. The summed E-state index contributed by atoms with van der Waals surface area (Å²) in [7, 11) is 0. The number of rotatable bonds is 3. The van der Waals surface area contributed by atoms with Gasteiger partial charge in [-0.1, -0.05) is 6.92 Å². The van der Waals surface area contributed by atoms with Crippen molar-refractivity contribution in [2.24, 2.45) is 0 Å². The van der Waals surface area contributed by atoms with Crippen LogP contribution in [0.5, 0.6) is 0 Å². The van der Waals surface area contributed by atoms with Gasteiger partial charge in [-0.2, -0.15) is 0 Å². The third kappa shape index (κ3) is 1.95. The lowest BCUT2D eigenvalue weighted by atomic mass is 10.2. The molecule has 4 heteroatoms. The predicted molar refractivity (Wildman–Crippen MR) is 65.0 cm³/mol. The monoisotopic (exact) mass is 235 g/mol. The Hall–Kier alpha value is -1.35. The zero-order chi connectivity index (χ0) is 11.5. The molecular weight excluding hydrogens is 222 g/mol. The molecule has 0 saturated heterocycles. The van der Waals surface area contributed by atoms with E-state index >= 15 is 0 Å². The van der Waals surface area contributed by atoms with Gasteiger partial charge in [-0.15, -0.1) is 11.6 Å². The standard InChI is InChI=1S/C12H14ClN3/c1-3-11-14-4-5-16(11)12-9(2)6-10(7-13)8-15-12/h4-6,8H,3,7H2,1-2H3. The van der Waals surface area contributed by atoms with Gasteiger partial charge in [-0.3, -0.25) is 4.57 Å². The van der Waals surface area contributed by atoms with E-state index in [1.165, 1.54) is 0 Å². The first-order valence-electron chi connectivity index (χ1n) is 5.30. The molecule has 0 bridgehead atoms. The van der Waals surface area contributed by atoms with Crippen LogP contribution in [0.25, 0.3) is 5.82 Å². The average Bonchev–Trinajstić information content (AvgIpc) is 2.76. The van der Waals surface area contributed by atoms with Crippen molar-refractivity contribution < 1.29 is 0 Å². The molecule has 0 aromatic carbocycles. The minimum Gasteiger partial charge on any atom is -0.288 e. The number of pyridine rings is 1. The maximum atomic E-state index is 5.78. The SMILES string of the molecule is CCc1nccn1-c1ncc(CCl)cc1C. The molecule has 16 heavy (non-hydrogen) atoms. The third-order valence-corrected chi connectivity index (χ3v) is 2.83. The highest BCUT2D eigenvalue weighted by atomic mass is 35.5. The smallest absolute Gasteiger partial charge is 0.140 e. The quantitative estimate of drug-likeness (QED) is 0.766. The van der Waals surface area contributed by atoms with Gasteiger partial charge < -0.3 is 0 Å². The van der Waals surface area contributed by atoms with Crippen LogP contribution in [0.3, 0.4) is 0 Å². The molecule has 0 unspecified atom stereocenters. The van der Waals surface area contributed by atoms with Crippen molar-refractivity contribution in [2.75, 3.05) is 0 Å². The lowest BCUT2D eigenvalue weighted by Crippen LogP contribution is -2.04. The van der Waals surface area contributed by atoms with Gasteiger partial charge in [-0.05, 0) is 24.1 Å². The summed E-state index contributed by atoms with van der Waals surface area (Å²) in [6.07, 6.45) is 6.45. The van der Waals surface area contributed by atoms with Crippen LogP contribution in [-0.4, -0.2) is 14.5 Å². The summed E-state index contributed by atoms with van der Waals surface area (Å²) in [5.74, 6) is 2.45. The molecule has 0 N–H and O–H groups in total. The van der Waals surface area contributed by atoms with Crippen molar-refractivity contribution >= 4 is 11.6 Å². The molecule has 84 valence electrons. The minimum atomic E-state index is 0.499. The zero-order valence-electron chi connectivity index (χ0n) is 9.44. The topological polar surface area (TPSA) is 30.7 Å². The number of aromatic nitrogens is 3. The zero-order valence-corrected chi connectivity index (χ0v) is 10.2.